The van der Waals surface area contributed by atoms with Crippen LogP contribution in [0.1, 0.15) is 43.1 Å². The summed E-state index contributed by atoms with van der Waals surface area (Å²) in [6.07, 6.45) is 5.88. The fraction of sp³-hybridized carbons (Fsp3) is 0.333. The van der Waals surface area contributed by atoms with Crippen LogP contribution in [0.25, 0.3) is 11.8 Å². The van der Waals surface area contributed by atoms with Crippen molar-refractivity contribution in [2.75, 3.05) is 27.4 Å². The number of amides is 1. The molecule has 1 unspecified atom stereocenters. The van der Waals surface area contributed by atoms with E-state index in [-0.39, 0.29) is 18.1 Å². The molecule has 0 fully saturated rings. The molecule has 0 aliphatic carbocycles. The van der Waals surface area contributed by atoms with Gasteiger partial charge in [0.15, 0.2) is 17.5 Å². The third-order valence-corrected chi connectivity index (χ3v) is 5.73. The normalized spacial score (nSPS) is 12.5. The van der Waals surface area contributed by atoms with Crippen molar-refractivity contribution in [2.45, 2.75) is 33.2 Å². The molecule has 0 saturated heterocycles. The summed E-state index contributed by atoms with van der Waals surface area (Å²) >= 11 is 0. The number of ether oxygens (including phenoxy) is 2. The molecule has 0 bridgehead atoms. The number of hydrogen-bond donors (Lipinski definition) is 0. The van der Waals surface area contributed by atoms with Crippen molar-refractivity contribution in [1.82, 2.24) is 14.5 Å². The van der Waals surface area contributed by atoms with Crippen molar-refractivity contribution >= 4 is 12.0 Å². The van der Waals surface area contributed by atoms with Gasteiger partial charge >= 0.3 is 0 Å². The van der Waals surface area contributed by atoms with E-state index in [0.29, 0.717) is 24.3 Å². The maximum atomic E-state index is 14.0. The van der Waals surface area contributed by atoms with Crippen molar-refractivity contribution in [3.63, 3.8) is 0 Å². The van der Waals surface area contributed by atoms with Gasteiger partial charge in [0, 0.05) is 25.4 Å². The van der Waals surface area contributed by atoms with Gasteiger partial charge < -0.3 is 18.9 Å². The summed E-state index contributed by atoms with van der Waals surface area (Å²) in [6, 6.07) is 6.52. The maximum Gasteiger partial charge on any atom is 0.250 e. The van der Waals surface area contributed by atoms with Gasteiger partial charge in [-0.1, -0.05) is 13.0 Å². The number of carbonyl (C=O) groups is 1. The van der Waals surface area contributed by atoms with E-state index in [9.17, 15) is 18.0 Å². The lowest BCUT2D eigenvalue weighted by Crippen LogP contribution is -2.38. The summed E-state index contributed by atoms with van der Waals surface area (Å²) in [6.45, 7) is 5.73. The Morgan fingerprint density at radius 1 is 1.17 bits per heavy atom. The van der Waals surface area contributed by atoms with Gasteiger partial charge in [-0.3, -0.25) is 4.79 Å². The number of carbonyl (C=O) groups excluding carboxylic acids is 1. The first kappa shape index (κ1) is 27.0. The number of halogens is 3. The third-order valence-electron chi connectivity index (χ3n) is 5.73. The van der Waals surface area contributed by atoms with Crippen LogP contribution >= 0.6 is 0 Å². The van der Waals surface area contributed by atoms with Crippen LogP contribution in [0.4, 0.5) is 13.2 Å². The third kappa shape index (κ3) is 5.96. The first-order valence-corrected chi connectivity index (χ1v) is 11.5. The summed E-state index contributed by atoms with van der Waals surface area (Å²) in [5, 5.41) is 0. The standard InChI is InChI=1S/C27H30F3N3O3/c1-6-9-33(24(15-35-4)20-12-21(28)26(30)22(29)13-20)27(34)17(2)10-19-7-8-23(25(11-19)36-5)32-14-18(3)31-16-32/h7-8,10-14,16,24H,6,9,15H2,1-5H3/b17-10+. The number of aromatic nitrogens is 2. The SMILES string of the molecule is CCCN(C(=O)/C(C)=C/c1ccc(-n2cnc(C)c2)c(OC)c1)C(COC)c1cc(F)c(F)c(F)c1. The van der Waals surface area contributed by atoms with E-state index in [4.69, 9.17) is 9.47 Å². The summed E-state index contributed by atoms with van der Waals surface area (Å²) in [7, 11) is 2.99. The van der Waals surface area contributed by atoms with Gasteiger partial charge in [0.2, 0.25) is 5.91 Å². The molecule has 0 N–H and O–H groups in total. The number of hydrogen-bond acceptors (Lipinski definition) is 4. The monoisotopic (exact) mass is 501 g/mol. The van der Waals surface area contributed by atoms with Crippen LogP contribution in [-0.4, -0.2) is 47.7 Å². The second-order valence-corrected chi connectivity index (χ2v) is 8.45. The predicted octanol–water partition coefficient (Wildman–Crippen LogP) is 5.64. The number of methoxy groups -OCH3 is 2. The van der Waals surface area contributed by atoms with Crippen molar-refractivity contribution < 1.29 is 27.4 Å². The Kier molecular flexibility index (Phi) is 8.93. The topological polar surface area (TPSA) is 56.6 Å². The molecular weight excluding hydrogens is 471 g/mol. The lowest BCUT2D eigenvalue weighted by molar-refractivity contribution is -0.130. The van der Waals surface area contributed by atoms with E-state index in [2.05, 4.69) is 4.98 Å². The quantitative estimate of drug-likeness (QED) is 0.267. The molecule has 9 heteroatoms. The Morgan fingerprint density at radius 2 is 1.86 bits per heavy atom. The van der Waals surface area contributed by atoms with Gasteiger partial charge in [0.25, 0.3) is 0 Å². The molecule has 192 valence electrons. The first-order chi connectivity index (χ1) is 17.2. The molecule has 0 aliphatic rings. The van der Waals surface area contributed by atoms with Crippen LogP contribution in [-0.2, 0) is 9.53 Å². The second-order valence-electron chi connectivity index (χ2n) is 8.45. The highest BCUT2D eigenvalue weighted by Crippen LogP contribution is 2.29. The zero-order chi connectivity index (χ0) is 26.4. The minimum atomic E-state index is -1.55. The summed E-state index contributed by atoms with van der Waals surface area (Å²) in [5.41, 5.74) is 2.92. The maximum absolute atomic E-state index is 14.0. The molecule has 1 amide bonds. The van der Waals surface area contributed by atoms with Gasteiger partial charge in [0.1, 0.15) is 5.75 Å². The van der Waals surface area contributed by atoms with E-state index >= 15 is 0 Å². The largest absolute Gasteiger partial charge is 0.495 e. The van der Waals surface area contributed by atoms with Crippen molar-refractivity contribution in [3.8, 4) is 11.4 Å². The van der Waals surface area contributed by atoms with E-state index in [0.717, 1.165) is 29.1 Å². The van der Waals surface area contributed by atoms with Crippen LogP contribution < -0.4 is 4.74 Å². The van der Waals surface area contributed by atoms with Crippen molar-refractivity contribution in [2.24, 2.45) is 0 Å². The smallest absolute Gasteiger partial charge is 0.250 e. The van der Waals surface area contributed by atoms with Crippen molar-refractivity contribution in [1.29, 1.82) is 0 Å². The molecule has 3 aromatic rings. The van der Waals surface area contributed by atoms with Gasteiger partial charge in [0.05, 0.1) is 37.5 Å². The summed E-state index contributed by atoms with van der Waals surface area (Å²) in [4.78, 5) is 19.2. The number of benzene rings is 2. The molecule has 36 heavy (non-hydrogen) atoms. The highest BCUT2D eigenvalue weighted by atomic mass is 19.2. The first-order valence-electron chi connectivity index (χ1n) is 11.5. The molecule has 1 aromatic heterocycles. The molecule has 6 nitrogen and oxygen atoms in total. The van der Waals surface area contributed by atoms with E-state index in [1.807, 2.05) is 42.8 Å². The number of aryl methyl sites for hydroxylation is 1. The highest BCUT2D eigenvalue weighted by molar-refractivity contribution is 5.97. The Labute approximate surface area is 209 Å². The van der Waals surface area contributed by atoms with Gasteiger partial charge in [-0.2, -0.15) is 0 Å². The van der Waals surface area contributed by atoms with Crippen LogP contribution in [0.5, 0.6) is 5.75 Å². The molecule has 0 saturated carbocycles. The number of imidazole rings is 1. The Morgan fingerprint density at radius 3 is 2.42 bits per heavy atom. The second kappa shape index (κ2) is 11.9. The number of nitrogens with zero attached hydrogens (tertiary/aromatic N) is 3. The minimum Gasteiger partial charge on any atom is -0.495 e. The van der Waals surface area contributed by atoms with Crippen LogP contribution in [0.3, 0.4) is 0 Å². The van der Waals surface area contributed by atoms with Crippen LogP contribution in [0.2, 0.25) is 0 Å². The van der Waals surface area contributed by atoms with Gasteiger partial charge in [-0.25, -0.2) is 18.2 Å². The zero-order valence-electron chi connectivity index (χ0n) is 21.0. The Balaban J connectivity index is 1.95. The summed E-state index contributed by atoms with van der Waals surface area (Å²) < 4.78 is 54.2. The highest BCUT2D eigenvalue weighted by Gasteiger charge is 2.27. The Bertz CT molecular complexity index is 1230. The van der Waals surface area contributed by atoms with Gasteiger partial charge in [-0.15, -0.1) is 0 Å². The molecule has 1 heterocycles. The van der Waals surface area contributed by atoms with Crippen LogP contribution in [0, 0.1) is 24.4 Å². The molecular formula is C27H30F3N3O3. The number of rotatable bonds is 10. The molecule has 0 spiro atoms. The average Bonchev–Trinajstić information content (AvgIpc) is 3.29. The lowest BCUT2D eigenvalue weighted by Gasteiger charge is -2.32. The fourth-order valence-corrected chi connectivity index (χ4v) is 4.02. The average molecular weight is 502 g/mol. The van der Waals surface area contributed by atoms with E-state index < -0.39 is 23.5 Å². The Hall–Kier alpha value is -3.59. The predicted molar refractivity (Wildman–Crippen MR) is 131 cm³/mol. The molecule has 2 aromatic carbocycles. The van der Waals surface area contributed by atoms with Gasteiger partial charge in [-0.05, 0) is 61.7 Å². The zero-order valence-corrected chi connectivity index (χ0v) is 21.0. The minimum absolute atomic E-state index is 0.0175. The van der Waals surface area contributed by atoms with Crippen LogP contribution in [0.15, 0.2) is 48.4 Å². The molecule has 3 rings (SSSR count). The molecule has 0 aliphatic heterocycles. The molecule has 1 atom stereocenters. The summed E-state index contributed by atoms with van der Waals surface area (Å²) in [5.74, 6) is -3.92. The van der Waals surface area contributed by atoms with E-state index in [1.165, 1.54) is 12.0 Å². The van der Waals surface area contributed by atoms with E-state index in [1.54, 1.807) is 26.4 Å². The lowest BCUT2D eigenvalue weighted by atomic mass is 10.0. The molecule has 0 radical (unpaired) electrons. The fourth-order valence-electron chi connectivity index (χ4n) is 4.02. The van der Waals surface area contributed by atoms with Crippen molar-refractivity contribution in [3.05, 3.63) is 82.7 Å².